The smallest absolute Gasteiger partial charge is 0.0166 e. The van der Waals surface area contributed by atoms with Crippen molar-refractivity contribution in [1.29, 1.82) is 0 Å². The minimum absolute atomic E-state index is 0.182. The van der Waals surface area contributed by atoms with Gasteiger partial charge in [0.1, 0.15) is 0 Å². The molecule has 2 saturated carbocycles. The Labute approximate surface area is 119 Å². The van der Waals surface area contributed by atoms with Crippen molar-refractivity contribution >= 4 is 0 Å². The fourth-order valence-electron chi connectivity index (χ4n) is 4.77. The molecule has 0 bridgehead atoms. The molecule has 2 aliphatic carbocycles. The van der Waals surface area contributed by atoms with E-state index in [1.165, 1.54) is 90.3 Å². The van der Waals surface area contributed by atoms with Crippen LogP contribution in [0.3, 0.4) is 0 Å². The first kappa shape index (κ1) is 13.9. The fraction of sp³-hybridized carbons (Fsp3) is 1.00. The lowest BCUT2D eigenvalue weighted by molar-refractivity contribution is 0.0785. The first-order chi connectivity index (χ1) is 9.25. The molecule has 3 rings (SSSR count). The highest BCUT2D eigenvalue weighted by atomic mass is 15.1. The zero-order valence-electron chi connectivity index (χ0n) is 12.6. The number of likely N-dealkylation sites (tertiary alicyclic amines) is 1. The topological polar surface area (TPSA) is 29.3 Å². The maximum absolute atomic E-state index is 6.58. The van der Waals surface area contributed by atoms with Crippen LogP contribution in [-0.4, -0.2) is 30.1 Å². The summed E-state index contributed by atoms with van der Waals surface area (Å²) in [5.41, 5.74) is 6.76. The van der Waals surface area contributed by atoms with Gasteiger partial charge in [-0.2, -0.15) is 0 Å². The molecule has 0 spiro atoms. The van der Waals surface area contributed by atoms with E-state index >= 15 is 0 Å². The molecule has 0 amide bonds. The van der Waals surface area contributed by atoms with E-state index < -0.39 is 0 Å². The third-order valence-corrected chi connectivity index (χ3v) is 6.15. The standard InChI is InChI=1S/C17H32N2/c18-17(9-4-1-5-10-17)11-13-19-12-8-15-6-2-3-7-16(15)14-19/h15-16H,1-14,18H2. The number of piperidine rings is 1. The largest absolute Gasteiger partial charge is 0.325 e. The summed E-state index contributed by atoms with van der Waals surface area (Å²) >= 11 is 0. The predicted molar refractivity (Wildman–Crippen MR) is 81.1 cm³/mol. The van der Waals surface area contributed by atoms with Gasteiger partial charge in [0.25, 0.3) is 0 Å². The Bertz CT molecular complexity index is 283. The monoisotopic (exact) mass is 264 g/mol. The van der Waals surface area contributed by atoms with Crippen LogP contribution in [0.5, 0.6) is 0 Å². The van der Waals surface area contributed by atoms with Crippen molar-refractivity contribution in [2.24, 2.45) is 17.6 Å². The molecule has 3 fully saturated rings. The molecule has 0 aromatic heterocycles. The Balaban J connectivity index is 1.45. The summed E-state index contributed by atoms with van der Waals surface area (Å²) in [5.74, 6) is 2.08. The summed E-state index contributed by atoms with van der Waals surface area (Å²) in [5, 5.41) is 0. The number of rotatable bonds is 3. The SMILES string of the molecule is NC1(CCN2CCC3CCCCC3C2)CCCCC1. The second-order valence-electron chi connectivity index (χ2n) is 7.57. The third kappa shape index (κ3) is 3.52. The lowest BCUT2D eigenvalue weighted by Gasteiger charge is -2.43. The second-order valence-corrected chi connectivity index (χ2v) is 7.57. The molecule has 0 aromatic carbocycles. The van der Waals surface area contributed by atoms with Gasteiger partial charge in [0.15, 0.2) is 0 Å². The van der Waals surface area contributed by atoms with Gasteiger partial charge in [-0.15, -0.1) is 0 Å². The lowest BCUT2D eigenvalue weighted by atomic mass is 9.75. The van der Waals surface area contributed by atoms with Crippen LogP contribution < -0.4 is 5.73 Å². The molecule has 110 valence electrons. The van der Waals surface area contributed by atoms with Crippen LogP contribution in [0.2, 0.25) is 0 Å². The van der Waals surface area contributed by atoms with E-state index in [0.717, 1.165) is 11.8 Å². The summed E-state index contributed by atoms with van der Waals surface area (Å²) in [6, 6.07) is 0. The molecular weight excluding hydrogens is 232 g/mol. The van der Waals surface area contributed by atoms with Crippen molar-refractivity contribution in [2.75, 3.05) is 19.6 Å². The highest BCUT2D eigenvalue weighted by molar-refractivity contribution is 4.90. The number of nitrogens with zero attached hydrogens (tertiary/aromatic N) is 1. The number of fused-ring (bicyclic) bond motifs is 1. The van der Waals surface area contributed by atoms with Gasteiger partial charge < -0.3 is 10.6 Å². The molecule has 2 atom stereocenters. The summed E-state index contributed by atoms with van der Waals surface area (Å²) in [6.07, 6.45) is 15.4. The quantitative estimate of drug-likeness (QED) is 0.844. The van der Waals surface area contributed by atoms with E-state index in [4.69, 9.17) is 5.73 Å². The molecule has 1 saturated heterocycles. The molecule has 2 unspecified atom stereocenters. The van der Waals surface area contributed by atoms with Gasteiger partial charge in [-0.05, 0) is 57.0 Å². The Morgan fingerprint density at radius 3 is 2.42 bits per heavy atom. The average molecular weight is 264 g/mol. The van der Waals surface area contributed by atoms with Crippen molar-refractivity contribution in [3.8, 4) is 0 Å². The Morgan fingerprint density at radius 1 is 0.895 bits per heavy atom. The third-order valence-electron chi connectivity index (χ3n) is 6.15. The van der Waals surface area contributed by atoms with Crippen LogP contribution in [0.1, 0.15) is 70.6 Å². The zero-order valence-corrected chi connectivity index (χ0v) is 12.6. The van der Waals surface area contributed by atoms with Gasteiger partial charge >= 0.3 is 0 Å². The summed E-state index contributed by atoms with van der Waals surface area (Å²) in [7, 11) is 0. The highest BCUT2D eigenvalue weighted by Crippen LogP contribution is 2.36. The van der Waals surface area contributed by atoms with E-state index in [1.807, 2.05) is 0 Å². The van der Waals surface area contributed by atoms with Gasteiger partial charge in [-0.1, -0.05) is 38.5 Å². The van der Waals surface area contributed by atoms with E-state index in [1.54, 1.807) is 0 Å². The van der Waals surface area contributed by atoms with Crippen LogP contribution in [-0.2, 0) is 0 Å². The van der Waals surface area contributed by atoms with Crippen LogP contribution >= 0.6 is 0 Å². The molecule has 2 heteroatoms. The van der Waals surface area contributed by atoms with E-state index in [2.05, 4.69) is 4.90 Å². The zero-order chi connectivity index (χ0) is 13.1. The fourth-order valence-corrected chi connectivity index (χ4v) is 4.77. The normalized spacial score (nSPS) is 35.8. The molecule has 1 aliphatic heterocycles. The van der Waals surface area contributed by atoms with Crippen LogP contribution in [0, 0.1) is 11.8 Å². The molecular formula is C17H32N2. The predicted octanol–water partition coefficient (Wildman–Crippen LogP) is 3.55. The molecule has 2 nitrogen and oxygen atoms in total. The Hall–Kier alpha value is -0.0800. The summed E-state index contributed by atoms with van der Waals surface area (Å²) in [6.45, 7) is 3.98. The molecule has 3 aliphatic rings. The number of hydrogen-bond donors (Lipinski definition) is 1. The van der Waals surface area contributed by atoms with Gasteiger partial charge in [0.2, 0.25) is 0 Å². The second kappa shape index (κ2) is 6.13. The van der Waals surface area contributed by atoms with Crippen molar-refractivity contribution in [3.63, 3.8) is 0 Å². The molecule has 0 radical (unpaired) electrons. The highest BCUT2D eigenvalue weighted by Gasteiger charge is 2.33. The van der Waals surface area contributed by atoms with Crippen LogP contribution in [0.25, 0.3) is 0 Å². The molecule has 19 heavy (non-hydrogen) atoms. The van der Waals surface area contributed by atoms with Crippen molar-refractivity contribution < 1.29 is 0 Å². The number of hydrogen-bond acceptors (Lipinski definition) is 2. The lowest BCUT2D eigenvalue weighted by Crippen LogP contribution is -2.47. The van der Waals surface area contributed by atoms with E-state index in [0.29, 0.717) is 0 Å². The summed E-state index contributed by atoms with van der Waals surface area (Å²) < 4.78 is 0. The van der Waals surface area contributed by atoms with E-state index in [9.17, 15) is 0 Å². The maximum atomic E-state index is 6.58. The minimum Gasteiger partial charge on any atom is -0.325 e. The van der Waals surface area contributed by atoms with E-state index in [-0.39, 0.29) is 5.54 Å². The Morgan fingerprint density at radius 2 is 1.63 bits per heavy atom. The molecule has 1 heterocycles. The van der Waals surface area contributed by atoms with Gasteiger partial charge in [0, 0.05) is 12.1 Å². The first-order valence-electron chi connectivity index (χ1n) is 8.76. The Kier molecular flexibility index (Phi) is 4.48. The van der Waals surface area contributed by atoms with Crippen LogP contribution in [0.15, 0.2) is 0 Å². The first-order valence-corrected chi connectivity index (χ1v) is 8.76. The van der Waals surface area contributed by atoms with Crippen LogP contribution in [0.4, 0.5) is 0 Å². The summed E-state index contributed by atoms with van der Waals surface area (Å²) in [4.78, 5) is 2.73. The van der Waals surface area contributed by atoms with Crippen molar-refractivity contribution in [2.45, 2.75) is 76.2 Å². The maximum Gasteiger partial charge on any atom is 0.0166 e. The number of nitrogens with two attached hydrogens (primary N) is 1. The van der Waals surface area contributed by atoms with Crippen molar-refractivity contribution in [1.82, 2.24) is 4.90 Å². The molecule has 0 aromatic rings. The van der Waals surface area contributed by atoms with Gasteiger partial charge in [-0.3, -0.25) is 0 Å². The average Bonchev–Trinajstić information content (AvgIpc) is 2.46. The van der Waals surface area contributed by atoms with Crippen molar-refractivity contribution in [3.05, 3.63) is 0 Å². The van der Waals surface area contributed by atoms with Gasteiger partial charge in [-0.25, -0.2) is 0 Å². The molecule has 2 N–H and O–H groups in total. The minimum atomic E-state index is 0.182. The van der Waals surface area contributed by atoms with Gasteiger partial charge in [0.05, 0.1) is 0 Å².